The molecule has 6 heteroatoms. The van der Waals surface area contributed by atoms with Crippen molar-refractivity contribution in [1.29, 1.82) is 0 Å². The summed E-state index contributed by atoms with van der Waals surface area (Å²) in [7, 11) is -3.53. The largest absolute Gasteiger partial charge is 0.352 e. The van der Waals surface area contributed by atoms with Crippen LogP contribution in [0.5, 0.6) is 0 Å². The summed E-state index contributed by atoms with van der Waals surface area (Å²) in [4.78, 5) is 12.1. The molecule has 0 heterocycles. The zero-order valence-corrected chi connectivity index (χ0v) is 13.5. The zero-order valence-electron chi connectivity index (χ0n) is 12.7. The third-order valence-corrected chi connectivity index (χ3v) is 4.60. The Morgan fingerprint density at radius 3 is 2.57 bits per heavy atom. The second kappa shape index (κ2) is 8.79. The SMILES string of the molecule is CCCCCCNC(=O)c1cccc(S(=O)(=O)NCC)c1. The molecule has 1 aromatic rings. The molecule has 0 atom stereocenters. The van der Waals surface area contributed by atoms with Crippen molar-refractivity contribution < 1.29 is 13.2 Å². The van der Waals surface area contributed by atoms with Crippen LogP contribution in [0.4, 0.5) is 0 Å². The molecule has 1 rings (SSSR count). The molecule has 0 unspecified atom stereocenters. The topological polar surface area (TPSA) is 75.3 Å². The van der Waals surface area contributed by atoms with Crippen molar-refractivity contribution in [2.75, 3.05) is 13.1 Å². The van der Waals surface area contributed by atoms with Crippen LogP contribution in [0.15, 0.2) is 29.2 Å². The maximum Gasteiger partial charge on any atom is 0.251 e. The van der Waals surface area contributed by atoms with Gasteiger partial charge in [-0.1, -0.05) is 39.2 Å². The Bertz CT molecular complexity index is 556. The molecular weight excluding hydrogens is 288 g/mol. The molecule has 0 aliphatic heterocycles. The summed E-state index contributed by atoms with van der Waals surface area (Å²) in [5, 5.41) is 2.81. The van der Waals surface area contributed by atoms with Gasteiger partial charge in [0.25, 0.3) is 5.91 Å². The molecule has 0 aliphatic rings. The van der Waals surface area contributed by atoms with E-state index in [-0.39, 0.29) is 10.8 Å². The van der Waals surface area contributed by atoms with Crippen molar-refractivity contribution in [3.05, 3.63) is 29.8 Å². The predicted molar refractivity (Wildman–Crippen MR) is 83.8 cm³/mol. The molecule has 0 spiro atoms. The van der Waals surface area contributed by atoms with Crippen LogP contribution in [0, 0.1) is 0 Å². The first kappa shape index (κ1) is 17.7. The molecule has 0 aliphatic carbocycles. The smallest absolute Gasteiger partial charge is 0.251 e. The molecule has 0 aromatic heterocycles. The number of carbonyl (C=O) groups excluding carboxylic acids is 1. The van der Waals surface area contributed by atoms with Gasteiger partial charge in [-0.2, -0.15) is 0 Å². The van der Waals surface area contributed by atoms with Crippen molar-refractivity contribution in [3.63, 3.8) is 0 Å². The summed E-state index contributed by atoms with van der Waals surface area (Å²) in [5.41, 5.74) is 0.365. The van der Waals surface area contributed by atoms with Crippen LogP contribution < -0.4 is 10.0 Å². The number of carbonyl (C=O) groups is 1. The molecular formula is C15H24N2O3S. The lowest BCUT2D eigenvalue weighted by molar-refractivity contribution is 0.0952. The van der Waals surface area contributed by atoms with E-state index < -0.39 is 10.0 Å². The van der Waals surface area contributed by atoms with E-state index in [9.17, 15) is 13.2 Å². The van der Waals surface area contributed by atoms with Crippen molar-refractivity contribution in [2.24, 2.45) is 0 Å². The van der Waals surface area contributed by atoms with Gasteiger partial charge in [0.1, 0.15) is 0 Å². The fourth-order valence-electron chi connectivity index (χ4n) is 1.93. The quantitative estimate of drug-likeness (QED) is 0.687. The van der Waals surface area contributed by atoms with Crippen molar-refractivity contribution in [3.8, 4) is 0 Å². The van der Waals surface area contributed by atoms with Crippen LogP contribution in [0.1, 0.15) is 49.9 Å². The minimum absolute atomic E-state index is 0.114. The van der Waals surface area contributed by atoms with Crippen molar-refractivity contribution in [1.82, 2.24) is 10.0 Å². The first-order valence-corrected chi connectivity index (χ1v) is 8.87. The van der Waals surface area contributed by atoms with Crippen LogP contribution in [-0.4, -0.2) is 27.4 Å². The molecule has 21 heavy (non-hydrogen) atoms. The first-order valence-electron chi connectivity index (χ1n) is 7.39. The molecule has 0 saturated heterocycles. The molecule has 1 aromatic carbocycles. The summed E-state index contributed by atoms with van der Waals surface area (Å²) in [6, 6.07) is 6.08. The van der Waals surface area contributed by atoms with Crippen LogP contribution in [-0.2, 0) is 10.0 Å². The van der Waals surface area contributed by atoms with E-state index in [0.717, 1.165) is 25.7 Å². The van der Waals surface area contributed by atoms with Gasteiger partial charge in [-0.25, -0.2) is 13.1 Å². The zero-order chi connectivity index (χ0) is 15.7. The molecule has 0 fully saturated rings. The fourth-order valence-corrected chi connectivity index (χ4v) is 3.02. The molecule has 118 valence electrons. The Morgan fingerprint density at radius 2 is 1.90 bits per heavy atom. The van der Waals surface area contributed by atoms with E-state index in [1.54, 1.807) is 19.1 Å². The Balaban J connectivity index is 2.65. The van der Waals surface area contributed by atoms with Gasteiger partial charge in [-0.15, -0.1) is 0 Å². The number of benzene rings is 1. The molecule has 0 saturated carbocycles. The summed E-state index contributed by atoms with van der Waals surface area (Å²) < 4.78 is 26.2. The molecule has 5 nitrogen and oxygen atoms in total. The lowest BCUT2D eigenvalue weighted by atomic mass is 10.2. The number of hydrogen-bond acceptors (Lipinski definition) is 3. The van der Waals surface area contributed by atoms with Gasteiger partial charge in [-0.3, -0.25) is 4.79 Å². The Morgan fingerprint density at radius 1 is 1.14 bits per heavy atom. The van der Waals surface area contributed by atoms with Gasteiger partial charge >= 0.3 is 0 Å². The maximum absolute atomic E-state index is 12.0. The number of rotatable bonds is 9. The summed E-state index contributed by atoms with van der Waals surface area (Å²) in [6.45, 7) is 4.78. The van der Waals surface area contributed by atoms with Crippen LogP contribution in [0.3, 0.4) is 0 Å². The van der Waals surface area contributed by atoms with E-state index in [4.69, 9.17) is 0 Å². The molecule has 2 N–H and O–H groups in total. The maximum atomic E-state index is 12.0. The van der Waals surface area contributed by atoms with Crippen LogP contribution in [0.25, 0.3) is 0 Å². The number of amides is 1. The summed E-state index contributed by atoms with van der Waals surface area (Å²) in [5.74, 6) is -0.236. The Hall–Kier alpha value is -1.40. The van der Waals surface area contributed by atoms with E-state index >= 15 is 0 Å². The van der Waals surface area contributed by atoms with Crippen LogP contribution >= 0.6 is 0 Å². The van der Waals surface area contributed by atoms with Gasteiger partial charge in [0.05, 0.1) is 4.90 Å². The third-order valence-electron chi connectivity index (χ3n) is 3.06. The third kappa shape index (κ3) is 5.85. The van der Waals surface area contributed by atoms with E-state index in [2.05, 4.69) is 17.0 Å². The highest BCUT2D eigenvalue weighted by molar-refractivity contribution is 7.89. The van der Waals surface area contributed by atoms with Crippen molar-refractivity contribution in [2.45, 2.75) is 44.4 Å². The Labute approximate surface area is 127 Å². The minimum Gasteiger partial charge on any atom is -0.352 e. The first-order chi connectivity index (χ1) is 10.0. The lowest BCUT2D eigenvalue weighted by Crippen LogP contribution is -2.26. The van der Waals surface area contributed by atoms with E-state index in [1.807, 2.05) is 0 Å². The second-order valence-corrected chi connectivity index (χ2v) is 6.61. The Kier molecular flexibility index (Phi) is 7.39. The normalized spacial score (nSPS) is 11.3. The molecule has 0 radical (unpaired) electrons. The molecule has 1 amide bonds. The number of sulfonamides is 1. The standard InChI is InChI=1S/C15H24N2O3S/c1-3-5-6-7-11-16-15(18)13-9-8-10-14(12-13)21(19,20)17-4-2/h8-10,12,17H,3-7,11H2,1-2H3,(H,16,18). The average molecular weight is 312 g/mol. The van der Waals surface area contributed by atoms with E-state index in [0.29, 0.717) is 18.7 Å². The highest BCUT2D eigenvalue weighted by Crippen LogP contribution is 2.11. The van der Waals surface area contributed by atoms with Gasteiger partial charge in [0, 0.05) is 18.7 Å². The van der Waals surface area contributed by atoms with Gasteiger partial charge in [0.2, 0.25) is 10.0 Å². The summed E-state index contributed by atoms with van der Waals surface area (Å²) >= 11 is 0. The minimum atomic E-state index is -3.53. The van der Waals surface area contributed by atoms with Crippen LogP contribution in [0.2, 0.25) is 0 Å². The van der Waals surface area contributed by atoms with Crippen molar-refractivity contribution >= 4 is 15.9 Å². The average Bonchev–Trinajstić information content (AvgIpc) is 2.47. The highest BCUT2D eigenvalue weighted by atomic mass is 32.2. The second-order valence-electron chi connectivity index (χ2n) is 4.85. The fraction of sp³-hybridized carbons (Fsp3) is 0.533. The van der Waals surface area contributed by atoms with Gasteiger partial charge in [-0.05, 0) is 24.6 Å². The number of unbranched alkanes of at least 4 members (excludes halogenated alkanes) is 3. The summed E-state index contributed by atoms with van der Waals surface area (Å²) in [6.07, 6.45) is 4.34. The number of nitrogens with one attached hydrogen (secondary N) is 2. The van der Waals surface area contributed by atoms with Gasteiger partial charge in [0.15, 0.2) is 0 Å². The number of hydrogen-bond donors (Lipinski definition) is 2. The molecule has 0 bridgehead atoms. The van der Waals surface area contributed by atoms with E-state index in [1.165, 1.54) is 12.1 Å². The monoisotopic (exact) mass is 312 g/mol. The lowest BCUT2D eigenvalue weighted by Gasteiger charge is -2.08. The predicted octanol–water partition coefficient (Wildman–Crippen LogP) is 2.29. The highest BCUT2D eigenvalue weighted by Gasteiger charge is 2.14. The van der Waals surface area contributed by atoms with Gasteiger partial charge < -0.3 is 5.32 Å².